The summed E-state index contributed by atoms with van der Waals surface area (Å²) in [6.45, 7) is 0.520. The molecule has 0 aromatic heterocycles. The van der Waals surface area contributed by atoms with E-state index in [9.17, 15) is 8.42 Å². The molecule has 1 aliphatic heterocycles. The lowest BCUT2D eigenvalue weighted by molar-refractivity contribution is -0.0169. The highest BCUT2D eigenvalue weighted by molar-refractivity contribution is 7.90. The minimum Gasteiger partial charge on any atom is -0.467 e. The topological polar surface area (TPSA) is 52.6 Å². The Balaban J connectivity index is 1.67. The van der Waals surface area contributed by atoms with Crippen molar-refractivity contribution in [2.45, 2.75) is 25.2 Å². The van der Waals surface area contributed by atoms with Crippen LogP contribution in [0.15, 0.2) is 42.5 Å². The molecular formula is C18H19ClO4S. The normalized spacial score (nSPS) is 14.0. The molecule has 0 fully saturated rings. The fourth-order valence-corrected chi connectivity index (χ4v) is 4.49. The van der Waals surface area contributed by atoms with Crippen molar-refractivity contribution in [1.29, 1.82) is 0 Å². The Morgan fingerprint density at radius 3 is 2.71 bits per heavy atom. The van der Waals surface area contributed by atoms with E-state index in [0.29, 0.717) is 29.4 Å². The average Bonchev–Trinajstić information content (AvgIpc) is 2.55. The van der Waals surface area contributed by atoms with Crippen molar-refractivity contribution in [3.8, 4) is 5.75 Å². The van der Waals surface area contributed by atoms with Gasteiger partial charge >= 0.3 is 0 Å². The van der Waals surface area contributed by atoms with Gasteiger partial charge in [0.25, 0.3) is 0 Å². The zero-order valence-electron chi connectivity index (χ0n) is 13.2. The standard InChI is InChI=1S/C18H19ClO4S/c19-17-9-15-11-22-13-23-18(15)16(10-17)12-24(20,21)8-4-7-14-5-2-1-3-6-14/h1-3,5-6,9-10H,4,7-8,11-13H2. The molecule has 1 aliphatic rings. The Hall–Kier alpha value is -1.56. The fourth-order valence-electron chi connectivity index (χ4n) is 2.81. The quantitative estimate of drug-likeness (QED) is 0.781. The van der Waals surface area contributed by atoms with E-state index in [1.807, 2.05) is 30.3 Å². The van der Waals surface area contributed by atoms with Crippen molar-refractivity contribution in [3.63, 3.8) is 0 Å². The molecule has 2 aromatic rings. The molecule has 1 heterocycles. The molecule has 2 aromatic carbocycles. The summed E-state index contributed by atoms with van der Waals surface area (Å²) in [5.41, 5.74) is 2.55. The highest BCUT2D eigenvalue weighted by Gasteiger charge is 2.21. The average molecular weight is 367 g/mol. The maximum absolute atomic E-state index is 12.5. The SMILES string of the molecule is O=S(=O)(CCCc1ccccc1)Cc1cc(Cl)cc2c1OCOC2. The maximum atomic E-state index is 12.5. The summed E-state index contributed by atoms with van der Waals surface area (Å²) in [4.78, 5) is 0. The molecule has 4 nitrogen and oxygen atoms in total. The molecule has 0 aliphatic carbocycles. The van der Waals surface area contributed by atoms with Gasteiger partial charge in [0.2, 0.25) is 0 Å². The van der Waals surface area contributed by atoms with Crippen LogP contribution in [0, 0.1) is 0 Å². The minimum absolute atomic E-state index is 0.0648. The highest BCUT2D eigenvalue weighted by atomic mass is 35.5. The van der Waals surface area contributed by atoms with E-state index in [1.165, 1.54) is 0 Å². The molecule has 0 radical (unpaired) electrons. The van der Waals surface area contributed by atoms with Gasteiger partial charge in [-0.2, -0.15) is 0 Å². The predicted molar refractivity (Wildman–Crippen MR) is 94.0 cm³/mol. The molecule has 0 spiro atoms. The Kier molecular flexibility index (Phi) is 5.43. The molecule has 6 heteroatoms. The predicted octanol–water partition coefficient (Wildman–Crippen LogP) is 3.75. The Morgan fingerprint density at radius 2 is 1.92 bits per heavy atom. The first-order chi connectivity index (χ1) is 11.5. The number of benzene rings is 2. The number of sulfone groups is 1. The van der Waals surface area contributed by atoms with Crippen molar-refractivity contribution in [2.24, 2.45) is 0 Å². The molecule has 0 amide bonds. The van der Waals surface area contributed by atoms with Crippen molar-refractivity contribution in [1.82, 2.24) is 0 Å². The van der Waals surface area contributed by atoms with Gasteiger partial charge in [0.05, 0.1) is 18.1 Å². The first-order valence-electron chi connectivity index (χ1n) is 7.80. The lowest BCUT2D eigenvalue weighted by atomic mass is 10.1. The summed E-state index contributed by atoms with van der Waals surface area (Å²) in [6, 6.07) is 13.3. The van der Waals surface area contributed by atoms with Crippen molar-refractivity contribution in [2.75, 3.05) is 12.5 Å². The van der Waals surface area contributed by atoms with Gasteiger partial charge in [-0.15, -0.1) is 0 Å². The number of halogens is 1. The number of rotatable bonds is 6. The van der Waals surface area contributed by atoms with E-state index in [4.69, 9.17) is 21.1 Å². The van der Waals surface area contributed by atoms with Crippen LogP contribution in [0.3, 0.4) is 0 Å². The van der Waals surface area contributed by atoms with Gasteiger partial charge in [0.1, 0.15) is 5.75 Å². The van der Waals surface area contributed by atoms with Crippen LogP contribution in [-0.4, -0.2) is 21.0 Å². The first kappa shape index (κ1) is 17.3. The van der Waals surface area contributed by atoms with Gasteiger partial charge in [-0.1, -0.05) is 41.9 Å². The van der Waals surface area contributed by atoms with E-state index < -0.39 is 9.84 Å². The summed E-state index contributed by atoms with van der Waals surface area (Å²) >= 11 is 6.09. The van der Waals surface area contributed by atoms with Crippen LogP contribution in [0.5, 0.6) is 5.75 Å². The van der Waals surface area contributed by atoms with E-state index in [-0.39, 0.29) is 18.3 Å². The van der Waals surface area contributed by atoms with Crippen molar-refractivity contribution >= 4 is 21.4 Å². The molecule has 0 saturated heterocycles. The summed E-state index contributed by atoms with van der Waals surface area (Å²) in [7, 11) is -3.23. The number of ether oxygens (including phenoxy) is 2. The molecule has 128 valence electrons. The van der Waals surface area contributed by atoms with E-state index in [0.717, 1.165) is 17.5 Å². The second-order valence-corrected chi connectivity index (χ2v) is 8.47. The van der Waals surface area contributed by atoms with Gasteiger partial charge in [-0.05, 0) is 30.5 Å². The van der Waals surface area contributed by atoms with Gasteiger partial charge < -0.3 is 9.47 Å². The fraction of sp³-hybridized carbons (Fsp3) is 0.333. The van der Waals surface area contributed by atoms with E-state index >= 15 is 0 Å². The Morgan fingerprint density at radius 1 is 1.12 bits per heavy atom. The number of aryl methyl sites for hydroxylation is 1. The van der Waals surface area contributed by atoms with Crippen LogP contribution in [0.4, 0.5) is 0 Å². The largest absolute Gasteiger partial charge is 0.467 e. The number of hydrogen-bond donors (Lipinski definition) is 0. The van der Waals surface area contributed by atoms with Crippen LogP contribution in [0.1, 0.15) is 23.1 Å². The molecule has 0 saturated carbocycles. The van der Waals surface area contributed by atoms with Crippen LogP contribution in [-0.2, 0) is 33.4 Å². The van der Waals surface area contributed by atoms with Gasteiger partial charge in [-0.25, -0.2) is 8.42 Å². The third-order valence-electron chi connectivity index (χ3n) is 3.89. The molecule has 24 heavy (non-hydrogen) atoms. The molecule has 0 bridgehead atoms. The molecular weight excluding hydrogens is 348 g/mol. The second kappa shape index (κ2) is 7.55. The second-order valence-electron chi connectivity index (χ2n) is 5.84. The zero-order chi connectivity index (χ0) is 17.0. The van der Waals surface area contributed by atoms with Crippen LogP contribution in [0.2, 0.25) is 5.02 Å². The van der Waals surface area contributed by atoms with Gasteiger partial charge in [0.15, 0.2) is 16.6 Å². The molecule has 0 atom stereocenters. The summed E-state index contributed by atoms with van der Waals surface area (Å²) < 4.78 is 35.6. The summed E-state index contributed by atoms with van der Waals surface area (Å²) in [6.07, 6.45) is 1.34. The maximum Gasteiger partial charge on any atom is 0.189 e. The van der Waals surface area contributed by atoms with Crippen LogP contribution >= 0.6 is 11.6 Å². The van der Waals surface area contributed by atoms with E-state index in [2.05, 4.69) is 0 Å². The van der Waals surface area contributed by atoms with Crippen LogP contribution in [0.25, 0.3) is 0 Å². The third-order valence-corrected chi connectivity index (χ3v) is 5.77. The monoisotopic (exact) mass is 366 g/mol. The highest BCUT2D eigenvalue weighted by Crippen LogP contribution is 2.32. The van der Waals surface area contributed by atoms with Gasteiger partial charge in [0, 0.05) is 16.1 Å². The third kappa shape index (κ3) is 4.50. The Bertz CT molecular complexity index is 803. The first-order valence-corrected chi connectivity index (χ1v) is 10.00. The van der Waals surface area contributed by atoms with Crippen molar-refractivity contribution in [3.05, 3.63) is 64.2 Å². The smallest absolute Gasteiger partial charge is 0.189 e. The number of fused-ring (bicyclic) bond motifs is 1. The zero-order valence-corrected chi connectivity index (χ0v) is 14.8. The molecule has 0 N–H and O–H groups in total. The lowest BCUT2D eigenvalue weighted by Gasteiger charge is -2.21. The molecule has 0 unspecified atom stereocenters. The Labute approximate surface area is 147 Å². The lowest BCUT2D eigenvalue weighted by Crippen LogP contribution is -2.16. The number of hydrogen-bond acceptors (Lipinski definition) is 4. The van der Waals surface area contributed by atoms with Crippen molar-refractivity contribution < 1.29 is 17.9 Å². The molecule has 3 rings (SSSR count). The van der Waals surface area contributed by atoms with Gasteiger partial charge in [-0.3, -0.25) is 0 Å². The van der Waals surface area contributed by atoms with Crippen LogP contribution < -0.4 is 4.74 Å². The minimum atomic E-state index is -3.23. The van der Waals surface area contributed by atoms with E-state index in [1.54, 1.807) is 12.1 Å². The summed E-state index contributed by atoms with van der Waals surface area (Å²) in [5.74, 6) is 0.668. The summed E-state index contributed by atoms with van der Waals surface area (Å²) in [5, 5.41) is 0.498.